The third-order valence-corrected chi connectivity index (χ3v) is 5.39. The third-order valence-electron chi connectivity index (χ3n) is 5.39. The first-order chi connectivity index (χ1) is 12.1. The van der Waals surface area contributed by atoms with Crippen molar-refractivity contribution < 1.29 is 8.78 Å². The zero-order valence-corrected chi connectivity index (χ0v) is 15.1. The minimum absolute atomic E-state index is 0.0608. The monoisotopic (exact) mass is 350 g/mol. The number of hydrogen-bond donors (Lipinski definition) is 1. The summed E-state index contributed by atoms with van der Waals surface area (Å²) in [6, 6.07) is 4.40. The van der Waals surface area contributed by atoms with Gasteiger partial charge in [-0.05, 0) is 44.0 Å². The molecule has 2 aliphatic heterocycles. The third kappa shape index (κ3) is 4.29. The van der Waals surface area contributed by atoms with Crippen LogP contribution in [0.15, 0.2) is 23.2 Å². The minimum atomic E-state index is -0.540. The molecule has 0 saturated carbocycles. The van der Waals surface area contributed by atoms with Gasteiger partial charge in [-0.25, -0.2) is 8.78 Å². The summed E-state index contributed by atoms with van der Waals surface area (Å²) in [6.45, 7) is 6.93. The molecule has 0 radical (unpaired) electrons. The molecule has 1 aromatic carbocycles. The van der Waals surface area contributed by atoms with Crippen LogP contribution in [0.25, 0.3) is 0 Å². The van der Waals surface area contributed by atoms with E-state index in [9.17, 15) is 8.78 Å². The molecule has 6 heteroatoms. The van der Waals surface area contributed by atoms with Gasteiger partial charge in [0.2, 0.25) is 0 Å². The number of benzene rings is 1. The minimum Gasteiger partial charge on any atom is -0.356 e. The van der Waals surface area contributed by atoms with E-state index < -0.39 is 11.6 Å². The lowest BCUT2D eigenvalue weighted by Crippen LogP contribution is -2.43. The quantitative estimate of drug-likeness (QED) is 0.669. The first-order valence-corrected chi connectivity index (χ1v) is 9.23. The normalized spacial score (nSPS) is 23.3. The van der Waals surface area contributed by atoms with Crippen LogP contribution in [0.3, 0.4) is 0 Å². The van der Waals surface area contributed by atoms with E-state index in [4.69, 9.17) is 0 Å². The molecule has 1 aromatic rings. The Morgan fingerprint density at radius 3 is 2.72 bits per heavy atom. The van der Waals surface area contributed by atoms with Crippen molar-refractivity contribution in [3.63, 3.8) is 0 Å². The van der Waals surface area contributed by atoms with Crippen LogP contribution in [0.4, 0.5) is 8.78 Å². The van der Waals surface area contributed by atoms with Crippen LogP contribution in [-0.4, -0.2) is 61.6 Å². The molecular weight excluding hydrogens is 322 g/mol. The summed E-state index contributed by atoms with van der Waals surface area (Å²) in [7, 11) is 1.79. The zero-order valence-electron chi connectivity index (χ0n) is 15.1. The Kier molecular flexibility index (Phi) is 5.89. The summed E-state index contributed by atoms with van der Waals surface area (Å²) in [5, 5.41) is 3.36. The second-order valence-electron chi connectivity index (χ2n) is 7.13. The maximum Gasteiger partial charge on any atom is 0.193 e. The van der Waals surface area contributed by atoms with Crippen molar-refractivity contribution in [2.45, 2.75) is 38.1 Å². The van der Waals surface area contributed by atoms with Gasteiger partial charge >= 0.3 is 0 Å². The molecule has 0 aromatic heterocycles. The number of aliphatic imine (C=N–C) groups is 1. The zero-order chi connectivity index (χ0) is 17.8. The summed E-state index contributed by atoms with van der Waals surface area (Å²) >= 11 is 0. The first-order valence-electron chi connectivity index (χ1n) is 9.23. The molecule has 2 unspecified atom stereocenters. The predicted molar refractivity (Wildman–Crippen MR) is 96.9 cm³/mol. The van der Waals surface area contributed by atoms with Crippen LogP contribution in [0, 0.1) is 11.6 Å². The average molecular weight is 350 g/mol. The summed E-state index contributed by atoms with van der Waals surface area (Å²) in [5.74, 6) is -0.216. The molecule has 2 aliphatic rings. The van der Waals surface area contributed by atoms with Gasteiger partial charge in [-0.15, -0.1) is 0 Å². The van der Waals surface area contributed by atoms with Crippen LogP contribution in [0.1, 0.15) is 37.7 Å². The molecule has 3 rings (SSSR count). The Morgan fingerprint density at radius 1 is 1.28 bits per heavy atom. The summed E-state index contributed by atoms with van der Waals surface area (Å²) < 4.78 is 27.0. The van der Waals surface area contributed by atoms with Gasteiger partial charge in [-0.3, -0.25) is 9.89 Å². The van der Waals surface area contributed by atoms with E-state index >= 15 is 0 Å². The van der Waals surface area contributed by atoms with Gasteiger partial charge in [0, 0.05) is 44.7 Å². The first kappa shape index (κ1) is 18.1. The van der Waals surface area contributed by atoms with E-state index in [0.717, 1.165) is 25.1 Å². The summed E-state index contributed by atoms with van der Waals surface area (Å²) in [6.07, 6.45) is 3.79. The number of nitrogens with zero attached hydrogens (tertiary/aromatic N) is 3. The fourth-order valence-electron chi connectivity index (χ4n) is 3.93. The highest BCUT2D eigenvalue weighted by Crippen LogP contribution is 2.21. The van der Waals surface area contributed by atoms with E-state index in [1.165, 1.54) is 44.5 Å². The van der Waals surface area contributed by atoms with Gasteiger partial charge in [0.25, 0.3) is 0 Å². The number of hydrogen-bond acceptors (Lipinski definition) is 2. The van der Waals surface area contributed by atoms with Crippen molar-refractivity contribution in [3.05, 3.63) is 35.4 Å². The molecular formula is C19H28F2N4. The number of nitrogens with one attached hydrogen (secondary N) is 1. The molecule has 2 fully saturated rings. The van der Waals surface area contributed by atoms with E-state index in [1.807, 2.05) is 6.92 Å². The Labute approximate surface area is 148 Å². The number of likely N-dealkylation sites (tertiary alicyclic amines) is 2. The fourth-order valence-corrected chi connectivity index (χ4v) is 3.93. The number of guanidine groups is 1. The lowest BCUT2D eigenvalue weighted by Gasteiger charge is -2.26. The Hall–Kier alpha value is -1.69. The molecule has 4 nitrogen and oxygen atoms in total. The lowest BCUT2D eigenvalue weighted by atomic mass is 10.0. The second kappa shape index (κ2) is 8.13. The molecule has 25 heavy (non-hydrogen) atoms. The standard InChI is InChI=1S/C19H28F2N4/c1-14(17-6-5-15(20)11-18(17)21)12-23-19(22-2)25-10-7-16(13-25)24-8-3-4-9-24/h5-6,11,14,16H,3-4,7-10,12-13H2,1-2H3,(H,22,23). The second-order valence-corrected chi connectivity index (χ2v) is 7.13. The van der Waals surface area contributed by atoms with Crippen LogP contribution in [-0.2, 0) is 0 Å². The van der Waals surface area contributed by atoms with Gasteiger partial charge in [-0.2, -0.15) is 0 Å². The number of halogens is 2. The largest absolute Gasteiger partial charge is 0.356 e. The highest BCUT2D eigenvalue weighted by atomic mass is 19.1. The van der Waals surface area contributed by atoms with Crippen molar-refractivity contribution in [2.75, 3.05) is 39.8 Å². The van der Waals surface area contributed by atoms with E-state index in [-0.39, 0.29) is 5.92 Å². The van der Waals surface area contributed by atoms with Crippen LogP contribution in [0.2, 0.25) is 0 Å². The Balaban J connectivity index is 1.54. The maximum atomic E-state index is 13.9. The molecule has 1 N–H and O–H groups in total. The van der Waals surface area contributed by atoms with Gasteiger partial charge in [-0.1, -0.05) is 13.0 Å². The molecule has 0 spiro atoms. The van der Waals surface area contributed by atoms with Crippen LogP contribution >= 0.6 is 0 Å². The smallest absolute Gasteiger partial charge is 0.193 e. The summed E-state index contributed by atoms with van der Waals surface area (Å²) in [5.41, 5.74) is 0.528. The van der Waals surface area contributed by atoms with Crippen molar-refractivity contribution in [1.29, 1.82) is 0 Å². The highest BCUT2D eigenvalue weighted by molar-refractivity contribution is 5.80. The van der Waals surface area contributed by atoms with Crippen molar-refractivity contribution in [2.24, 2.45) is 4.99 Å². The van der Waals surface area contributed by atoms with E-state index in [1.54, 1.807) is 7.05 Å². The average Bonchev–Trinajstić information content (AvgIpc) is 3.26. The van der Waals surface area contributed by atoms with E-state index in [2.05, 4.69) is 20.1 Å². The van der Waals surface area contributed by atoms with E-state index in [0.29, 0.717) is 18.2 Å². The molecule has 0 aliphatic carbocycles. The molecule has 0 amide bonds. The van der Waals surface area contributed by atoms with Gasteiger partial charge in [0.15, 0.2) is 5.96 Å². The maximum absolute atomic E-state index is 13.9. The van der Waals surface area contributed by atoms with Gasteiger partial charge in [0.1, 0.15) is 11.6 Å². The lowest BCUT2D eigenvalue weighted by molar-refractivity contribution is 0.249. The molecule has 0 bridgehead atoms. The van der Waals surface area contributed by atoms with Crippen LogP contribution in [0.5, 0.6) is 0 Å². The van der Waals surface area contributed by atoms with Gasteiger partial charge < -0.3 is 10.2 Å². The predicted octanol–water partition coefficient (Wildman–Crippen LogP) is 2.81. The molecule has 2 heterocycles. The van der Waals surface area contributed by atoms with Crippen molar-refractivity contribution >= 4 is 5.96 Å². The number of rotatable bonds is 4. The molecule has 2 atom stereocenters. The van der Waals surface area contributed by atoms with Crippen molar-refractivity contribution in [3.8, 4) is 0 Å². The van der Waals surface area contributed by atoms with Crippen LogP contribution < -0.4 is 5.32 Å². The van der Waals surface area contributed by atoms with Gasteiger partial charge in [0.05, 0.1) is 0 Å². The fraction of sp³-hybridized carbons (Fsp3) is 0.632. The Bertz CT molecular complexity index is 613. The molecule has 2 saturated heterocycles. The van der Waals surface area contributed by atoms with Crippen molar-refractivity contribution in [1.82, 2.24) is 15.1 Å². The Morgan fingerprint density at radius 2 is 2.04 bits per heavy atom. The SMILES string of the molecule is CN=C(NCC(C)c1ccc(F)cc1F)N1CCC(N2CCCC2)C1. The molecule has 138 valence electrons. The summed E-state index contributed by atoms with van der Waals surface area (Å²) in [4.78, 5) is 9.27. The topological polar surface area (TPSA) is 30.9 Å². The highest BCUT2D eigenvalue weighted by Gasteiger charge is 2.30.